The molecule has 0 aliphatic heterocycles. The summed E-state index contributed by atoms with van der Waals surface area (Å²) in [5.41, 5.74) is 2.73. The Bertz CT molecular complexity index is 573. The first kappa shape index (κ1) is 12.3. The lowest BCUT2D eigenvalue weighted by molar-refractivity contribution is -0.116. The molecule has 0 saturated heterocycles. The van der Waals surface area contributed by atoms with Crippen LogP contribution in [0.1, 0.15) is 36.7 Å². The van der Waals surface area contributed by atoms with Gasteiger partial charge >= 0.3 is 0 Å². The first-order chi connectivity index (χ1) is 9.24. The van der Waals surface area contributed by atoms with Crippen molar-refractivity contribution >= 4 is 23.2 Å². The van der Waals surface area contributed by atoms with Crippen molar-refractivity contribution in [2.45, 2.75) is 31.6 Å². The fraction of sp³-hybridized carbons (Fsp3) is 0.500. The number of rotatable bonds is 5. The van der Waals surface area contributed by atoms with E-state index in [1.165, 1.54) is 12.8 Å². The second-order valence-corrected chi connectivity index (χ2v) is 5.46. The number of anilines is 1. The van der Waals surface area contributed by atoms with Crippen LogP contribution in [0.5, 0.6) is 0 Å². The highest BCUT2D eigenvalue weighted by atomic mass is 32.1. The number of nitrogens with one attached hydrogen (secondary N) is 1. The highest BCUT2D eigenvalue weighted by Gasteiger charge is 2.29. The molecule has 1 N–H and O–H groups in total. The summed E-state index contributed by atoms with van der Waals surface area (Å²) in [6.07, 6.45) is 3.41. The molecule has 0 spiro atoms. The van der Waals surface area contributed by atoms with E-state index in [9.17, 15) is 4.79 Å². The van der Waals surface area contributed by atoms with Crippen LogP contribution >= 0.6 is 11.3 Å². The van der Waals surface area contributed by atoms with Gasteiger partial charge in [0.1, 0.15) is 5.82 Å². The third-order valence-electron chi connectivity index (χ3n) is 3.19. The molecule has 19 heavy (non-hydrogen) atoms. The summed E-state index contributed by atoms with van der Waals surface area (Å²) in [4.78, 5) is 16.0. The van der Waals surface area contributed by atoms with Crippen LogP contribution in [0.3, 0.4) is 0 Å². The molecule has 1 saturated carbocycles. The zero-order chi connectivity index (χ0) is 13.2. The maximum Gasteiger partial charge on any atom is 0.231 e. The van der Waals surface area contributed by atoms with Crippen LogP contribution < -0.4 is 5.32 Å². The Balaban J connectivity index is 1.57. The number of aromatic nitrogens is 4. The lowest BCUT2D eigenvalue weighted by Gasteiger charge is -2.04. The van der Waals surface area contributed by atoms with Crippen LogP contribution in [0.25, 0.3) is 0 Å². The van der Waals surface area contributed by atoms with E-state index in [1.807, 2.05) is 17.0 Å². The summed E-state index contributed by atoms with van der Waals surface area (Å²) < 4.78 is 1.87. The minimum absolute atomic E-state index is 0.0501. The van der Waals surface area contributed by atoms with Gasteiger partial charge in [-0.2, -0.15) is 0 Å². The Morgan fingerprint density at radius 1 is 1.53 bits per heavy atom. The highest BCUT2D eigenvalue weighted by Crippen LogP contribution is 2.39. The molecular formula is C12H15N5OS. The Kier molecular flexibility index (Phi) is 3.29. The third kappa shape index (κ3) is 2.81. The van der Waals surface area contributed by atoms with Crippen LogP contribution in [0.2, 0.25) is 0 Å². The van der Waals surface area contributed by atoms with Crippen LogP contribution in [0, 0.1) is 0 Å². The van der Waals surface area contributed by atoms with Gasteiger partial charge in [-0.1, -0.05) is 0 Å². The van der Waals surface area contributed by atoms with Gasteiger partial charge in [-0.05, 0) is 19.3 Å². The van der Waals surface area contributed by atoms with Gasteiger partial charge in [0, 0.05) is 24.8 Å². The van der Waals surface area contributed by atoms with Crippen molar-refractivity contribution in [3.05, 3.63) is 22.4 Å². The fourth-order valence-electron chi connectivity index (χ4n) is 1.94. The lowest BCUT2D eigenvalue weighted by atomic mass is 10.2. The number of nitrogens with zero attached hydrogens (tertiary/aromatic N) is 4. The van der Waals surface area contributed by atoms with Crippen molar-refractivity contribution in [1.29, 1.82) is 0 Å². The molecule has 1 fully saturated rings. The molecule has 1 aliphatic rings. The van der Waals surface area contributed by atoms with E-state index >= 15 is 0 Å². The number of aryl methyl sites for hydroxylation is 1. The minimum atomic E-state index is -0.0501. The van der Waals surface area contributed by atoms with Gasteiger partial charge in [0.2, 0.25) is 11.9 Å². The van der Waals surface area contributed by atoms with Crippen molar-refractivity contribution in [3.63, 3.8) is 0 Å². The molecule has 100 valence electrons. The maximum absolute atomic E-state index is 11.8. The molecule has 2 aromatic heterocycles. The highest BCUT2D eigenvalue weighted by molar-refractivity contribution is 7.07. The van der Waals surface area contributed by atoms with E-state index < -0.39 is 0 Å². The van der Waals surface area contributed by atoms with Crippen molar-refractivity contribution in [3.8, 4) is 0 Å². The third-order valence-corrected chi connectivity index (χ3v) is 3.83. The van der Waals surface area contributed by atoms with Crippen molar-refractivity contribution in [2.75, 3.05) is 5.32 Å². The molecule has 0 aromatic carbocycles. The monoisotopic (exact) mass is 277 g/mol. The van der Waals surface area contributed by atoms with E-state index in [4.69, 9.17) is 0 Å². The normalized spacial score (nSPS) is 14.6. The molecule has 0 bridgehead atoms. The SMILES string of the molecule is Cn1c(NC(=O)CCc2cscn2)nnc1C1CC1. The van der Waals surface area contributed by atoms with E-state index in [-0.39, 0.29) is 5.91 Å². The molecule has 1 amide bonds. The van der Waals surface area contributed by atoms with Gasteiger partial charge in [-0.3, -0.25) is 10.1 Å². The number of amides is 1. The van der Waals surface area contributed by atoms with Crippen molar-refractivity contribution in [2.24, 2.45) is 7.05 Å². The smallest absolute Gasteiger partial charge is 0.231 e. The number of thiazole rings is 1. The zero-order valence-electron chi connectivity index (χ0n) is 10.7. The molecule has 6 nitrogen and oxygen atoms in total. The molecule has 2 heterocycles. The van der Waals surface area contributed by atoms with E-state index in [0.29, 0.717) is 24.7 Å². The van der Waals surface area contributed by atoms with Crippen molar-refractivity contribution < 1.29 is 4.79 Å². The number of hydrogen-bond acceptors (Lipinski definition) is 5. The average Bonchev–Trinajstić information content (AvgIpc) is 2.98. The number of hydrogen-bond donors (Lipinski definition) is 1. The number of carbonyl (C=O) groups is 1. The topological polar surface area (TPSA) is 72.7 Å². The molecule has 3 rings (SSSR count). The zero-order valence-corrected chi connectivity index (χ0v) is 11.5. The Labute approximate surface area is 114 Å². The summed E-state index contributed by atoms with van der Waals surface area (Å²) >= 11 is 1.54. The Morgan fingerprint density at radius 3 is 3.05 bits per heavy atom. The minimum Gasteiger partial charge on any atom is -0.300 e. The summed E-state index contributed by atoms with van der Waals surface area (Å²) in [7, 11) is 1.89. The Morgan fingerprint density at radius 2 is 2.37 bits per heavy atom. The van der Waals surface area contributed by atoms with E-state index in [1.54, 1.807) is 16.8 Å². The summed E-state index contributed by atoms with van der Waals surface area (Å²) in [5, 5.41) is 12.9. The van der Waals surface area contributed by atoms with E-state index in [0.717, 1.165) is 11.5 Å². The second kappa shape index (κ2) is 5.08. The maximum atomic E-state index is 11.8. The number of carbonyl (C=O) groups excluding carboxylic acids is 1. The van der Waals surface area contributed by atoms with Crippen molar-refractivity contribution in [1.82, 2.24) is 19.7 Å². The van der Waals surface area contributed by atoms with Crippen LogP contribution in [-0.4, -0.2) is 25.7 Å². The standard InChI is InChI=1S/C12H15N5OS/c1-17-11(8-2-3-8)15-16-12(17)14-10(18)5-4-9-6-19-7-13-9/h6-8H,2-5H2,1H3,(H,14,16,18). The quantitative estimate of drug-likeness (QED) is 0.903. The summed E-state index contributed by atoms with van der Waals surface area (Å²) in [6.45, 7) is 0. The molecule has 1 aliphatic carbocycles. The second-order valence-electron chi connectivity index (χ2n) is 4.74. The molecule has 0 unspecified atom stereocenters. The van der Waals surface area contributed by atoms with E-state index in [2.05, 4.69) is 20.5 Å². The first-order valence-electron chi connectivity index (χ1n) is 6.30. The van der Waals surface area contributed by atoms with Crippen LogP contribution in [-0.2, 0) is 18.3 Å². The predicted octanol–water partition coefficient (Wildman–Crippen LogP) is 1.72. The molecule has 7 heteroatoms. The van der Waals surface area contributed by atoms with Crippen LogP contribution in [0.15, 0.2) is 10.9 Å². The molecule has 2 aromatic rings. The fourth-order valence-corrected chi connectivity index (χ4v) is 2.53. The van der Waals surface area contributed by atoms with Gasteiger partial charge in [0.15, 0.2) is 0 Å². The van der Waals surface area contributed by atoms with Gasteiger partial charge in [0.25, 0.3) is 0 Å². The van der Waals surface area contributed by atoms with Gasteiger partial charge < -0.3 is 4.57 Å². The molecule has 0 atom stereocenters. The van der Waals surface area contributed by atoms with Gasteiger partial charge in [-0.25, -0.2) is 4.98 Å². The summed E-state index contributed by atoms with van der Waals surface area (Å²) in [5.74, 6) is 1.98. The summed E-state index contributed by atoms with van der Waals surface area (Å²) in [6, 6.07) is 0. The van der Waals surface area contributed by atoms with Crippen LogP contribution in [0.4, 0.5) is 5.95 Å². The Hall–Kier alpha value is -1.76. The van der Waals surface area contributed by atoms with Gasteiger partial charge in [-0.15, -0.1) is 21.5 Å². The average molecular weight is 277 g/mol. The van der Waals surface area contributed by atoms with Gasteiger partial charge in [0.05, 0.1) is 11.2 Å². The molecule has 0 radical (unpaired) electrons. The largest absolute Gasteiger partial charge is 0.300 e. The molecular weight excluding hydrogens is 262 g/mol. The first-order valence-corrected chi connectivity index (χ1v) is 7.24. The lowest BCUT2D eigenvalue weighted by Crippen LogP contribution is -2.15. The predicted molar refractivity (Wildman–Crippen MR) is 72.0 cm³/mol.